The summed E-state index contributed by atoms with van der Waals surface area (Å²) >= 11 is 0. The van der Waals surface area contributed by atoms with Crippen molar-refractivity contribution in [1.82, 2.24) is 20.0 Å². The smallest absolute Gasteiger partial charge is 0.228 e. The maximum atomic E-state index is 13.2. The molecule has 2 aliphatic heterocycles. The highest BCUT2D eigenvalue weighted by molar-refractivity contribution is 5.80. The van der Waals surface area contributed by atoms with Gasteiger partial charge >= 0.3 is 0 Å². The van der Waals surface area contributed by atoms with E-state index in [4.69, 9.17) is 4.52 Å². The number of carbonyl (C=O) groups is 1. The van der Waals surface area contributed by atoms with E-state index < -0.39 is 0 Å². The summed E-state index contributed by atoms with van der Waals surface area (Å²) in [6, 6.07) is 3.78. The molecule has 1 amide bonds. The summed E-state index contributed by atoms with van der Waals surface area (Å²) in [5.74, 6) is 1.73. The van der Waals surface area contributed by atoms with Crippen LogP contribution in [0.1, 0.15) is 43.2 Å². The number of anilines is 1. The molecule has 4 rings (SSSR count). The quantitative estimate of drug-likeness (QED) is 0.853. The predicted molar refractivity (Wildman–Crippen MR) is 91.9 cm³/mol. The standard InChI is InChI=1S/C18H23N5O2/c1-13-11-16(25-21-13)15-6-3-10-23(15)17(24)14-5-2-9-22(12-14)18-19-7-4-8-20-18/h4,7-8,11,14-15H,2-3,5-6,9-10,12H2,1H3/t14-,15+/m1/s1. The van der Waals surface area contributed by atoms with E-state index in [0.29, 0.717) is 12.5 Å². The average Bonchev–Trinajstić information content (AvgIpc) is 3.30. The monoisotopic (exact) mass is 341 g/mol. The summed E-state index contributed by atoms with van der Waals surface area (Å²) in [5, 5.41) is 3.98. The molecule has 4 heterocycles. The van der Waals surface area contributed by atoms with Crippen molar-refractivity contribution in [3.63, 3.8) is 0 Å². The van der Waals surface area contributed by atoms with Gasteiger partial charge in [-0.05, 0) is 38.7 Å². The number of nitrogens with zero attached hydrogens (tertiary/aromatic N) is 5. The van der Waals surface area contributed by atoms with Gasteiger partial charge < -0.3 is 14.3 Å². The van der Waals surface area contributed by atoms with Crippen molar-refractivity contribution in [1.29, 1.82) is 0 Å². The SMILES string of the molecule is Cc1cc([C@@H]2CCCN2C(=O)[C@@H]2CCCN(c3ncccn3)C2)on1. The highest BCUT2D eigenvalue weighted by Crippen LogP contribution is 2.34. The topological polar surface area (TPSA) is 75.4 Å². The minimum atomic E-state index is -0.0119. The summed E-state index contributed by atoms with van der Waals surface area (Å²) in [7, 11) is 0. The molecule has 7 nitrogen and oxygen atoms in total. The Hall–Kier alpha value is -2.44. The zero-order valence-electron chi connectivity index (χ0n) is 14.5. The summed E-state index contributed by atoms with van der Waals surface area (Å²) in [6.07, 6.45) is 7.34. The Labute approximate surface area is 147 Å². The van der Waals surface area contributed by atoms with E-state index in [1.165, 1.54) is 0 Å². The number of amides is 1. The molecule has 0 N–H and O–H groups in total. The minimum Gasteiger partial charge on any atom is -0.359 e. The molecular weight excluding hydrogens is 318 g/mol. The average molecular weight is 341 g/mol. The Morgan fingerprint density at radius 1 is 1.20 bits per heavy atom. The van der Waals surface area contributed by atoms with Crippen LogP contribution < -0.4 is 4.90 Å². The number of carbonyl (C=O) groups excluding carboxylic acids is 1. The van der Waals surface area contributed by atoms with Gasteiger partial charge in [0.25, 0.3) is 0 Å². The molecule has 0 saturated carbocycles. The fourth-order valence-corrected chi connectivity index (χ4v) is 3.92. The van der Waals surface area contributed by atoms with Gasteiger partial charge in [-0.1, -0.05) is 5.16 Å². The lowest BCUT2D eigenvalue weighted by Gasteiger charge is -2.35. The molecule has 7 heteroatoms. The van der Waals surface area contributed by atoms with Crippen LogP contribution in [0.5, 0.6) is 0 Å². The lowest BCUT2D eigenvalue weighted by molar-refractivity contribution is -0.137. The van der Waals surface area contributed by atoms with Gasteiger partial charge in [-0.15, -0.1) is 0 Å². The fourth-order valence-electron chi connectivity index (χ4n) is 3.92. The third kappa shape index (κ3) is 3.23. The number of hydrogen-bond donors (Lipinski definition) is 0. The van der Waals surface area contributed by atoms with Crippen LogP contribution in [0.2, 0.25) is 0 Å². The van der Waals surface area contributed by atoms with Gasteiger partial charge in [0, 0.05) is 38.1 Å². The van der Waals surface area contributed by atoms with Crippen LogP contribution in [-0.2, 0) is 4.79 Å². The fraction of sp³-hybridized carbons (Fsp3) is 0.556. The van der Waals surface area contributed by atoms with E-state index in [0.717, 1.165) is 50.2 Å². The van der Waals surface area contributed by atoms with Crippen LogP contribution in [0.3, 0.4) is 0 Å². The second-order valence-corrected chi connectivity index (χ2v) is 6.89. The molecule has 0 aromatic carbocycles. The van der Waals surface area contributed by atoms with Crippen LogP contribution in [-0.4, -0.2) is 45.6 Å². The van der Waals surface area contributed by atoms with Crippen LogP contribution in [0, 0.1) is 12.8 Å². The van der Waals surface area contributed by atoms with E-state index in [1.54, 1.807) is 12.4 Å². The van der Waals surface area contributed by atoms with E-state index in [2.05, 4.69) is 20.0 Å². The zero-order valence-corrected chi connectivity index (χ0v) is 14.5. The Balaban J connectivity index is 1.48. The summed E-state index contributed by atoms with van der Waals surface area (Å²) in [4.78, 5) is 25.9. The van der Waals surface area contributed by atoms with E-state index in [-0.39, 0.29) is 17.9 Å². The van der Waals surface area contributed by atoms with Crippen molar-refractivity contribution < 1.29 is 9.32 Å². The van der Waals surface area contributed by atoms with Crippen molar-refractivity contribution in [3.8, 4) is 0 Å². The van der Waals surface area contributed by atoms with Crippen molar-refractivity contribution in [2.75, 3.05) is 24.5 Å². The minimum absolute atomic E-state index is 0.0119. The van der Waals surface area contributed by atoms with Gasteiger partial charge in [-0.25, -0.2) is 9.97 Å². The van der Waals surface area contributed by atoms with Crippen molar-refractivity contribution >= 4 is 11.9 Å². The predicted octanol–water partition coefficient (Wildman–Crippen LogP) is 2.35. The number of rotatable bonds is 3. The Morgan fingerprint density at radius 3 is 2.76 bits per heavy atom. The molecule has 0 unspecified atom stereocenters. The lowest BCUT2D eigenvalue weighted by Crippen LogP contribution is -2.45. The molecule has 0 spiro atoms. The maximum Gasteiger partial charge on any atom is 0.228 e. The normalized spacial score (nSPS) is 23.9. The Kier molecular flexibility index (Phi) is 4.38. The first-order valence-electron chi connectivity index (χ1n) is 8.98. The molecule has 0 bridgehead atoms. The molecule has 2 atom stereocenters. The molecule has 2 aromatic rings. The van der Waals surface area contributed by atoms with Crippen molar-refractivity contribution in [2.45, 2.75) is 38.6 Å². The molecule has 0 aliphatic carbocycles. The maximum absolute atomic E-state index is 13.2. The molecule has 0 radical (unpaired) electrons. The van der Waals surface area contributed by atoms with Gasteiger partial charge in [0.2, 0.25) is 11.9 Å². The number of likely N-dealkylation sites (tertiary alicyclic amines) is 1. The van der Waals surface area contributed by atoms with E-state index in [1.807, 2.05) is 24.0 Å². The van der Waals surface area contributed by atoms with Crippen molar-refractivity contribution in [3.05, 3.63) is 36.0 Å². The van der Waals surface area contributed by atoms with Crippen LogP contribution in [0.15, 0.2) is 29.0 Å². The number of aromatic nitrogens is 3. The molecule has 132 valence electrons. The highest BCUT2D eigenvalue weighted by Gasteiger charge is 2.37. The number of piperidine rings is 1. The molecule has 2 saturated heterocycles. The largest absolute Gasteiger partial charge is 0.359 e. The summed E-state index contributed by atoms with van der Waals surface area (Å²) in [5.41, 5.74) is 0.861. The van der Waals surface area contributed by atoms with Gasteiger partial charge in [-0.3, -0.25) is 4.79 Å². The van der Waals surface area contributed by atoms with E-state index >= 15 is 0 Å². The number of aryl methyl sites for hydroxylation is 1. The van der Waals surface area contributed by atoms with Gasteiger partial charge in [0.15, 0.2) is 5.76 Å². The van der Waals surface area contributed by atoms with Crippen LogP contribution in [0.4, 0.5) is 5.95 Å². The van der Waals surface area contributed by atoms with Gasteiger partial charge in [0.05, 0.1) is 17.7 Å². The molecular formula is C18H23N5O2. The van der Waals surface area contributed by atoms with Gasteiger partial charge in [0.1, 0.15) is 0 Å². The zero-order chi connectivity index (χ0) is 17.2. The highest BCUT2D eigenvalue weighted by atomic mass is 16.5. The second-order valence-electron chi connectivity index (χ2n) is 6.89. The molecule has 2 aromatic heterocycles. The molecule has 2 aliphatic rings. The van der Waals surface area contributed by atoms with Crippen LogP contribution >= 0.6 is 0 Å². The molecule has 2 fully saturated rings. The number of hydrogen-bond acceptors (Lipinski definition) is 6. The molecule has 25 heavy (non-hydrogen) atoms. The van der Waals surface area contributed by atoms with Crippen LogP contribution in [0.25, 0.3) is 0 Å². The summed E-state index contributed by atoms with van der Waals surface area (Å²) in [6.45, 7) is 4.29. The third-order valence-electron chi connectivity index (χ3n) is 5.12. The Morgan fingerprint density at radius 2 is 2.00 bits per heavy atom. The first-order valence-corrected chi connectivity index (χ1v) is 8.98. The van der Waals surface area contributed by atoms with Gasteiger partial charge in [-0.2, -0.15) is 0 Å². The van der Waals surface area contributed by atoms with Crippen molar-refractivity contribution in [2.24, 2.45) is 5.92 Å². The summed E-state index contributed by atoms with van der Waals surface area (Å²) < 4.78 is 5.43. The third-order valence-corrected chi connectivity index (χ3v) is 5.12. The first-order chi connectivity index (χ1) is 12.2. The second kappa shape index (κ2) is 6.82. The lowest BCUT2D eigenvalue weighted by atomic mass is 9.96. The Bertz CT molecular complexity index is 732. The van der Waals surface area contributed by atoms with E-state index in [9.17, 15) is 4.79 Å². The first kappa shape index (κ1) is 16.1.